The van der Waals surface area contributed by atoms with E-state index in [1.807, 2.05) is 11.8 Å². The van der Waals surface area contributed by atoms with Crippen LogP contribution in [0.2, 0.25) is 0 Å². The summed E-state index contributed by atoms with van der Waals surface area (Å²) in [6, 6.07) is 0. The number of pyridine rings is 1. The molecule has 0 amide bonds. The number of aryl methyl sites for hydroxylation is 1. The first-order valence-corrected chi connectivity index (χ1v) is 9.25. The first-order chi connectivity index (χ1) is 10.5. The third-order valence-corrected chi connectivity index (χ3v) is 6.69. The fourth-order valence-corrected chi connectivity index (χ4v) is 5.35. The number of nitrogens with zero attached hydrogens (tertiary/aromatic N) is 2. The maximum absolute atomic E-state index is 12.1. The summed E-state index contributed by atoms with van der Waals surface area (Å²) in [5.74, 6) is 0.967. The smallest absolute Gasteiger partial charge is 0.268 e. The second kappa shape index (κ2) is 4.80. The maximum Gasteiger partial charge on any atom is 0.268 e. The van der Waals surface area contributed by atoms with Crippen molar-refractivity contribution >= 4 is 43.5 Å². The standard InChI is InChI=1S/C16H17N3OS2/c1-4-10-8-5-16(2,3)21-6-9(8)11-12-13(22-15(11)19-10)14(20)18-7-17-12/h7H,4-6H2,1-3H3,(H,17,18,20). The number of thiophene rings is 1. The minimum atomic E-state index is -0.0661. The molecule has 0 saturated heterocycles. The van der Waals surface area contributed by atoms with E-state index in [0.717, 1.165) is 34.3 Å². The van der Waals surface area contributed by atoms with Gasteiger partial charge in [0.05, 0.1) is 11.8 Å². The monoisotopic (exact) mass is 331 g/mol. The fraction of sp³-hybridized carbons (Fsp3) is 0.438. The normalized spacial score (nSPS) is 17.0. The molecule has 0 saturated carbocycles. The average molecular weight is 331 g/mol. The lowest BCUT2D eigenvalue weighted by Crippen LogP contribution is -2.25. The molecule has 3 aromatic rings. The minimum absolute atomic E-state index is 0.0661. The molecule has 1 aliphatic heterocycles. The van der Waals surface area contributed by atoms with E-state index in [4.69, 9.17) is 4.98 Å². The van der Waals surface area contributed by atoms with Crippen molar-refractivity contribution in [1.29, 1.82) is 0 Å². The molecule has 0 unspecified atom stereocenters. The van der Waals surface area contributed by atoms with Gasteiger partial charge in [0, 0.05) is 21.6 Å². The lowest BCUT2D eigenvalue weighted by molar-refractivity contribution is 0.684. The largest absolute Gasteiger partial charge is 0.312 e. The van der Waals surface area contributed by atoms with Gasteiger partial charge in [-0.15, -0.1) is 11.3 Å². The summed E-state index contributed by atoms with van der Waals surface area (Å²) in [5, 5.41) is 1.10. The van der Waals surface area contributed by atoms with Gasteiger partial charge in [0.1, 0.15) is 9.53 Å². The van der Waals surface area contributed by atoms with Gasteiger partial charge in [-0.05, 0) is 24.0 Å². The van der Waals surface area contributed by atoms with E-state index in [1.165, 1.54) is 34.5 Å². The van der Waals surface area contributed by atoms with Crippen LogP contribution in [0.25, 0.3) is 20.4 Å². The van der Waals surface area contributed by atoms with Crippen molar-refractivity contribution in [2.24, 2.45) is 0 Å². The summed E-state index contributed by atoms with van der Waals surface area (Å²) in [5.41, 5.74) is 4.65. The van der Waals surface area contributed by atoms with E-state index in [1.54, 1.807) is 0 Å². The van der Waals surface area contributed by atoms with Crippen molar-refractivity contribution in [2.45, 2.75) is 44.1 Å². The van der Waals surface area contributed by atoms with E-state index >= 15 is 0 Å². The predicted molar refractivity (Wildman–Crippen MR) is 94.0 cm³/mol. The van der Waals surface area contributed by atoms with E-state index in [0.29, 0.717) is 4.70 Å². The van der Waals surface area contributed by atoms with Gasteiger partial charge in [0.15, 0.2) is 0 Å². The summed E-state index contributed by atoms with van der Waals surface area (Å²) in [6.07, 6.45) is 3.45. The van der Waals surface area contributed by atoms with Crippen LogP contribution in [0.5, 0.6) is 0 Å². The molecule has 0 bridgehead atoms. The second-order valence-corrected chi connectivity index (χ2v) is 8.97. The van der Waals surface area contributed by atoms with Crippen LogP contribution in [0.4, 0.5) is 0 Å². The zero-order chi connectivity index (χ0) is 15.5. The molecule has 0 spiro atoms. The molecule has 22 heavy (non-hydrogen) atoms. The Labute approximate surface area is 136 Å². The number of aromatic amines is 1. The highest BCUT2D eigenvalue weighted by Crippen LogP contribution is 2.44. The zero-order valence-corrected chi connectivity index (χ0v) is 14.5. The van der Waals surface area contributed by atoms with Crippen molar-refractivity contribution in [1.82, 2.24) is 15.0 Å². The molecule has 4 nitrogen and oxygen atoms in total. The number of fused-ring (bicyclic) bond motifs is 5. The van der Waals surface area contributed by atoms with Gasteiger partial charge in [-0.2, -0.15) is 11.8 Å². The summed E-state index contributed by atoms with van der Waals surface area (Å²) in [7, 11) is 0. The second-order valence-electron chi connectivity index (χ2n) is 6.29. The molecule has 0 atom stereocenters. The van der Waals surface area contributed by atoms with Crippen LogP contribution in [0.1, 0.15) is 37.6 Å². The van der Waals surface area contributed by atoms with Crippen LogP contribution in [-0.4, -0.2) is 19.7 Å². The molecule has 1 aliphatic rings. The van der Waals surface area contributed by atoms with Crippen molar-refractivity contribution in [3.8, 4) is 0 Å². The van der Waals surface area contributed by atoms with Crippen LogP contribution in [0, 0.1) is 0 Å². The maximum atomic E-state index is 12.1. The number of hydrogen-bond donors (Lipinski definition) is 1. The summed E-state index contributed by atoms with van der Waals surface area (Å²) >= 11 is 3.44. The number of rotatable bonds is 1. The SMILES string of the molecule is CCc1nc2sc3c(=O)[nH]cnc3c2c2c1CC(C)(C)SC2. The quantitative estimate of drug-likeness (QED) is 0.739. The highest BCUT2D eigenvalue weighted by Gasteiger charge is 2.30. The van der Waals surface area contributed by atoms with Gasteiger partial charge >= 0.3 is 0 Å². The Bertz CT molecular complexity index is 955. The molecule has 3 aromatic heterocycles. The molecule has 0 radical (unpaired) electrons. The van der Waals surface area contributed by atoms with Gasteiger partial charge in [-0.3, -0.25) is 4.79 Å². The molecule has 0 fully saturated rings. The number of H-pyrrole nitrogens is 1. The Morgan fingerprint density at radius 3 is 2.95 bits per heavy atom. The molecule has 114 valence electrons. The third kappa shape index (κ3) is 2.01. The molecule has 1 N–H and O–H groups in total. The molecule has 0 aliphatic carbocycles. The van der Waals surface area contributed by atoms with Gasteiger partial charge in [0.2, 0.25) is 0 Å². The van der Waals surface area contributed by atoms with Crippen LogP contribution < -0.4 is 5.56 Å². The Morgan fingerprint density at radius 2 is 2.18 bits per heavy atom. The highest BCUT2D eigenvalue weighted by atomic mass is 32.2. The van der Waals surface area contributed by atoms with Crippen LogP contribution in [0.3, 0.4) is 0 Å². The Balaban J connectivity index is 2.15. The topological polar surface area (TPSA) is 58.6 Å². The van der Waals surface area contributed by atoms with Crippen molar-refractivity contribution < 1.29 is 0 Å². The molecule has 4 heterocycles. The van der Waals surface area contributed by atoms with Crippen LogP contribution in [0.15, 0.2) is 11.1 Å². The van der Waals surface area contributed by atoms with Gasteiger partial charge < -0.3 is 4.98 Å². The van der Waals surface area contributed by atoms with E-state index < -0.39 is 0 Å². The van der Waals surface area contributed by atoms with E-state index in [-0.39, 0.29) is 10.3 Å². The van der Waals surface area contributed by atoms with Gasteiger partial charge in [-0.1, -0.05) is 20.8 Å². The molecular weight excluding hydrogens is 314 g/mol. The van der Waals surface area contributed by atoms with Crippen LogP contribution >= 0.6 is 23.1 Å². The molecule has 4 rings (SSSR count). The third-order valence-electron chi connectivity index (χ3n) is 4.26. The van der Waals surface area contributed by atoms with Crippen molar-refractivity contribution in [3.63, 3.8) is 0 Å². The summed E-state index contributed by atoms with van der Waals surface area (Å²) in [6.45, 7) is 6.74. The Hall–Kier alpha value is -1.40. The van der Waals surface area contributed by atoms with Crippen molar-refractivity contribution in [2.75, 3.05) is 0 Å². The number of thioether (sulfide) groups is 1. The number of hydrogen-bond acceptors (Lipinski definition) is 5. The zero-order valence-electron chi connectivity index (χ0n) is 12.8. The predicted octanol–water partition coefficient (Wildman–Crippen LogP) is 3.66. The van der Waals surface area contributed by atoms with Crippen LogP contribution in [-0.2, 0) is 18.6 Å². The first-order valence-electron chi connectivity index (χ1n) is 7.44. The molecule has 0 aromatic carbocycles. The Kier molecular flexibility index (Phi) is 3.10. The molecule has 6 heteroatoms. The average Bonchev–Trinajstić information content (AvgIpc) is 2.85. The summed E-state index contributed by atoms with van der Waals surface area (Å²) in [4.78, 5) is 25.0. The van der Waals surface area contributed by atoms with E-state index in [2.05, 4.69) is 30.7 Å². The van der Waals surface area contributed by atoms with E-state index in [9.17, 15) is 4.79 Å². The Morgan fingerprint density at radius 1 is 1.36 bits per heavy atom. The van der Waals surface area contributed by atoms with Crippen molar-refractivity contribution in [3.05, 3.63) is 33.5 Å². The molecular formula is C16H17N3OS2. The fourth-order valence-electron chi connectivity index (χ4n) is 3.18. The lowest BCUT2D eigenvalue weighted by Gasteiger charge is -2.32. The minimum Gasteiger partial charge on any atom is -0.312 e. The summed E-state index contributed by atoms with van der Waals surface area (Å²) < 4.78 is 0.929. The number of nitrogens with one attached hydrogen (secondary N) is 1. The first kappa shape index (κ1) is 14.2. The lowest BCUT2D eigenvalue weighted by atomic mass is 9.93. The highest BCUT2D eigenvalue weighted by molar-refractivity contribution is 7.99. The van der Waals surface area contributed by atoms with Gasteiger partial charge in [0.25, 0.3) is 5.56 Å². The van der Waals surface area contributed by atoms with Gasteiger partial charge in [-0.25, -0.2) is 9.97 Å². The number of aromatic nitrogens is 3.